The van der Waals surface area contributed by atoms with Crippen LogP contribution in [0.1, 0.15) is 23.2 Å². The Morgan fingerprint density at radius 2 is 2.12 bits per heavy atom. The van der Waals surface area contributed by atoms with Crippen LogP contribution in [0.15, 0.2) is 18.2 Å². The number of benzene rings is 1. The minimum absolute atomic E-state index is 0.0625. The second-order valence-electron chi connectivity index (χ2n) is 3.66. The number of hydrogen-bond acceptors (Lipinski definition) is 3. The Hall–Kier alpha value is -2.04. The van der Waals surface area contributed by atoms with Gasteiger partial charge in [-0.05, 0) is 24.6 Å². The lowest BCUT2D eigenvalue weighted by Crippen LogP contribution is -2.24. The highest BCUT2D eigenvalue weighted by molar-refractivity contribution is 5.98. The van der Waals surface area contributed by atoms with Gasteiger partial charge in [-0.15, -0.1) is 0 Å². The third-order valence-electron chi connectivity index (χ3n) is 2.59. The van der Waals surface area contributed by atoms with E-state index in [-0.39, 0.29) is 22.9 Å². The Balaban J connectivity index is 2.42. The van der Waals surface area contributed by atoms with Crippen molar-refractivity contribution in [3.8, 4) is 5.75 Å². The highest BCUT2D eigenvalue weighted by Crippen LogP contribution is 2.31. The summed E-state index contributed by atoms with van der Waals surface area (Å²) < 4.78 is 0. The zero-order valence-electron chi connectivity index (χ0n) is 8.51. The molecule has 0 atom stereocenters. The summed E-state index contributed by atoms with van der Waals surface area (Å²) in [5, 5.41) is 18.4. The minimum Gasteiger partial charge on any atom is -0.506 e. The lowest BCUT2D eigenvalue weighted by atomic mass is 10.1. The largest absolute Gasteiger partial charge is 0.506 e. The van der Waals surface area contributed by atoms with E-state index in [1.165, 1.54) is 23.1 Å². The molecule has 1 aromatic carbocycles. The van der Waals surface area contributed by atoms with Crippen LogP contribution < -0.4 is 4.90 Å². The second kappa shape index (κ2) is 3.84. The summed E-state index contributed by atoms with van der Waals surface area (Å²) in [5.74, 6) is -1.23. The summed E-state index contributed by atoms with van der Waals surface area (Å²) in [5.41, 5.74) is 0.343. The van der Waals surface area contributed by atoms with Crippen LogP contribution in [0, 0.1) is 0 Å². The first-order chi connectivity index (χ1) is 7.59. The average molecular weight is 221 g/mol. The molecule has 2 rings (SSSR count). The number of hydrogen-bond donors (Lipinski definition) is 2. The van der Waals surface area contributed by atoms with E-state index in [9.17, 15) is 14.7 Å². The standard InChI is InChI=1S/C11H11NO4/c13-9-4-3-7(11(15)16)6-8(9)12-5-1-2-10(12)14/h3-4,6,13H,1-2,5H2,(H,15,16). The Labute approximate surface area is 91.9 Å². The monoisotopic (exact) mass is 221 g/mol. The number of aromatic carboxylic acids is 1. The van der Waals surface area contributed by atoms with Crippen molar-refractivity contribution in [1.82, 2.24) is 0 Å². The quantitative estimate of drug-likeness (QED) is 0.787. The zero-order valence-corrected chi connectivity index (χ0v) is 8.51. The van der Waals surface area contributed by atoms with Crippen molar-refractivity contribution in [3.63, 3.8) is 0 Å². The third kappa shape index (κ3) is 1.71. The molecule has 0 saturated carbocycles. The molecule has 1 aromatic rings. The van der Waals surface area contributed by atoms with E-state index in [1.807, 2.05) is 0 Å². The first-order valence-electron chi connectivity index (χ1n) is 4.96. The molecule has 5 nitrogen and oxygen atoms in total. The Bertz CT molecular complexity index is 455. The molecule has 0 unspecified atom stereocenters. The van der Waals surface area contributed by atoms with Crippen molar-refractivity contribution in [2.75, 3.05) is 11.4 Å². The van der Waals surface area contributed by atoms with Crippen LogP contribution in [-0.2, 0) is 4.79 Å². The summed E-state index contributed by atoms with van der Waals surface area (Å²) in [7, 11) is 0. The van der Waals surface area contributed by atoms with E-state index in [2.05, 4.69) is 0 Å². The van der Waals surface area contributed by atoms with Crippen molar-refractivity contribution >= 4 is 17.6 Å². The Morgan fingerprint density at radius 1 is 1.38 bits per heavy atom. The van der Waals surface area contributed by atoms with Gasteiger partial charge in [0.1, 0.15) is 5.75 Å². The summed E-state index contributed by atoms with van der Waals surface area (Å²) in [4.78, 5) is 23.7. The number of carbonyl (C=O) groups is 2. The molecular formula is C11H11NO4. The molecule has 0 radical (unpaired) electrons. The number of amides is 1. The van der Waals surface area contributed by atoms with Crippen molar-refractivity contribution < 1.29 is 19.8 Å². The van der Waals surface area contributed by atoms with Gasteiger partial charge in [0.15, 0.2) is 0 Å². The lowest BCUT2D eigenvalue weighted by Gasteiger charge is -2.17. The molecule has 2 N–H and O–H groups in total. The van der Waals surface area contributed by atoms with Crippen LogP contribution in [-0.4, -0.2) is 28.6 Å². The zero-order chi connectivity index (χ0) is 11.7. The summed E-state index contributed by atoms with van der Waals surface area (Å²) in [6.07, 6.45) is 1.17. The van der Waals surface area contributed by atoms with Crippen LogP contribution in [0.4, 0.5) is 5.69 Å². The maximum Gasteiger partial charge on any atom is 0.335 e. The fraction of sp³-hybridized carbons (Fsp3) is 0.273. The number of nitrogens with zero attached hydrogens (tertiary/aromatic N) is 1. The Morgan fingerprint density at radius 3 is 2.69 bits per heavy atom. The topological polar surface area (TPSA) is 77.8 Å². The van der Waals surface area contributed by atoms with E-state index in [0.29, 0.717) is 13.0 Å². The number of carboxylic acid groups (broad SMARTS) is 1. The smallest absolute Gasteiger partial charge is 0.335 e. The van der Waals surface area contributed by atoms with Gasteiger partial charge in [-0.2, -0.15) is 0 Å². The predicted octanol–water partition coefficient (Wildman–Crippen LogP) is 1.22. The van der Waals surface area contributed by atoms with Crippen molar-refractivity contribution in [1.29, 1.82) is 0 Å². The van der Waals surface area contributed by atoms with Gasteiger partial charge in [0.05, 0.1) is 11.3 Å². The molecule has 0 spiro atoms. The molecule has 5 heteroatoms. The molecule has 0 bridgehead atoms. The first kappa shape index (κ1) is 10.5. The van der Waals surface area contributed by atoms with E-state index < -0.39 is 5.97 Å². The molecule has 1 saturated heterocycles. The number of carboxylic acids is 1. The van der Waals surface area contributed by atoms with E-state index in [4.69, 9.17) is 5.11 Å². The summed E-state index contributed by atoms with van der Waals surface area (Å²) >= 11 is 0. The summed E-state index contributed by atoms with van der Waals surface area (Å²) in [6.45, 7) is 0.523. The average Bonchev–Trinajstić information content (AvgIpc) is 2.65. The number of anilines is 1. The van der Waals surface area contributed by atoms with Gasteiger partial charge in [-0.1, -0.05) is 0 Å². The van der Waals surface area contributed by atoms with Gasteiger partial charge in [0.25, 0.3) is 0 Å². The minimum atomic E-state index is -1.08. The predicted molar refractivity (Wildman–Crippen MR) is 56.7 cm³/mol. The van der Waals surface area contributed by atoms with Gasteiger partial charge in [0.2, 0.25) is 5.91 Å². The van der Waals surface area contributed by atoms with Crippen LogP contribution in [0.2, 0.25) is 0 Å². The number of phenols is 1. The van der Waals surface area contributed by atoms with Crippen LogP contribution in [0.5, 0.6) is 5.75 Å². The van der Waals surface area contributed by atoms with Gasteiger partial charge < -0.3 is 15.1 Å². The number of phenolic OH excluding ortho intramolecular Hbond substituents is 1. The van der Waals surface area contributed by atoms with Gasteiger partial charge in [0, 0.05) is 13.0 Å². The third-order valence-corrected chi connectivity index (χ3v) is 2.59. The summed E-state index contributed by atoms with van der Waals surface area (Å²) in [6, 6.07) is 3.92. The molecule has 16 heavy (non-hydrogen) atoms. The molecule has 1 amide bonds. The molecule has 1 aliphatic rings. The van der Waals surface area contributed by atoms with Crippen molar-refractivity contribution in [2.45, 2.75) is 12.8 Å². The normalized spacial score (nSPS) is 15.5. The molecular weight excluding hydrogens is 210 g/mol. The van der Waals surface area contributed by atoms with Crippen LogP contribution in [0.25, 0.3) is 0 Å². The second-order valence-corrected chi connectivity index (χ2v) is 3.66. The number of aromatic hydroxyl groups is 1. The van der Waals surface area contributed by atoms with E-state index in [0.717, 1.165) is 6.42 Å². The van der Waals surface area contributed by atoms with Crippen LogP contribution >= 0.6 is 0 Å². The lowest BCUT2D eigenvalue weighted by molar-refractivity contribution is -0.117. The van der Waals surface area contributed by atoms with Gasteiger partial charge in [-0.3, -0.25) is 4.79 Å². The van der Waals surface area contributed by atoms with Crippen molar-refractivity contribution in [2.24, 2.45) is 0 Å². The molecule has 1 fully saturated rings. The maximum atomic E-state index is 11.5. The first-order valence-corrected chi connectivity index (χ1v) is 4.96. The number of rotatable bonds is 2. The highest BCUT2D eigenvalue weighted by Gasteiger charge is 2.24. The van der Waals surface area contributed by atoms with Gasteiger partial charge in [-0.25, -0.2) is 4.79 Å². The Kier molecular flexibility index (Phi) is 2.52. The van der Waals surface area contributed by atoms with Crippen molar-refractivity contribution in [3.05, 3.63) is 23.8 Å². The molecule has 1 aliphatic heterocycles. The van der Waals surface area contributed by atoms with E-state index >= 15 is 0 Å². The molecule has 1 heterocycles. The molecule has 0 aromatic heterocycles. The maximum absolute atomic E-state index is 11.5. The number of carbonyl (C=O) groups excluding carboxylic acids is 1. The molecule has 84 valence electrons. The SMILES string of the molecule is O=C(O)c1ccc(O)c(N2CCCC2=O)c1. The van der Waals surface area contributed by atoms with Crippen LogP contribution in [0.3, 0.4) is 0 Å². The highest BCUT2D eigenvalue weighted by atomic mass is 16.4. The molecule has 0 aliphatic carbocycles. The fourth-order valence-corrected chi connectivity index (χ4v) is 1.78. The van der Waals surface area contributed by atoms with Gasteiger partial charge >= 0.3 is 5.97 Å². The fourth-order valence-electron chi connectivity index (χ4n) is 1.78. The van der Waals surface area contributed by atoms with E-state index in [1.54, 1.807) is 0 Å².